The molecule has 0 saturated carbocycles. The number of rotatable bonds is 5. The first-order valence-electron chi connectivity index (χ1n) is 5.00. The van der Waals surface area contributed by atoms with Gasteiger partial charge in [0, 0.05) is 35.4 Å². The fraction of sp³-hybridized carbons (Fsp3) is 0.900. The zero-order valence-electron chi connectivity index (χ0n) is 8.88. The van der Waals surface area contributed by atoms with E-state index in [0.29, 0.717) is 11.7 Å². The Morgan fingerprint density at radius 3 is 2.64 bits per heavy atom. The van der Waals surface area contributed by atoms with Gasteiger partial charge in [-0.05, 0) is 26.2 Å². The second-order valence-electron chi connectivity index (χ2n) is 4.58. The van der Waals surface area contributed by atoms with Crippen molar-refractivity contribution in [3.8, 4) is 6.07 Å². The molecule has 1 rings (SSSR count). The molecule has 4 heteroatoms. The van der Waals surface area contributed by atoms with Gasteiger partial charge in [0.05, 0.1) is 11.5 Å². The van der Waals surface area contributed by atoms with Crippen LogP contribution in [0.3, 0.4) is 0 Å². The van der Waals surface area contributed by atoms with E-state index in [0.717, 1.165) is 25.3 Å². The number of hydrogen-bond donors (Lipinski definition) is 1. The molecule has 14 heavy (non-hydrogen) atoms. The summed E-state index contributed by atoms with van der Waals surface area (Å²) in [6.07, 6.45) is 0.732. The largest absolute Gasteiger partial charge is 0.316 e. The third-order valence-electron chi connectivity index (χ3n) is 2.55. The number of nitrogens with one attached hydrogen (secondary N) is 1. The molecular formula is C10H18N2OS. The zero-order valence-corrected chi connectivity index (χ0v) is 9.69. The number of nitrogens with zero attached hydrogens (tertiary/aromatic N) is 1. The van der Waals surface area contributed by atoms with E-state index >= 15 is 0 Å². The third-order valence-corrected chi connectivity index (χ3v) is 4.05. The van der Waals surface area contributed by atoms with Crippen LogP contribution in [0.15, 0.2) is 0 Å². The zero-order chi connectivity index (χ0) is 10.6. The van der Waals surface area contributed by atoms with Crippen LogP contribution in [0.4, 0.5) is 0 Å². The van der Waals surface area contributed by atoms with Gasteiger partial charge >= 0.3 is 0 Å². The number of hydrogen-bond acceptors (Lipinski definition) is 3. The molecule has 3 nitrogen and oxygen atoms in total. The van der Waals surface area contributed by atoms with E-state index in [1.807, 2.05) is 13.8 Å². The molecule has 0 radical (unpaired) electrons. The van der Waals surface area contributed by atoms with Gasteiger partial charge in [0.1, 0.15) is 0 Å². The molecule has 0 spiro atoms. The van der Waals surface area contributed by atoms with Gasteiger partial charge in [-0.15, -0.1) is 0 Å². The predicted octanol–water partition coefficient (Wildman–Crippen LogP) is 0.894. The summed E-state index contributed by atoms with van der Waals surface area (Å²) >= 11 is 0. The lowest BCUT2D eigenvalue weighted by molar-refractivity contribution is 0.382. The molecule has 80 valence electrons. The lowest BCUT2D eigenvalue weighted by atomic mass is 9.93. The van der Waals surface area contributed by atoms with Gasteiger partial charge in [-0.3, -0.25) is 4.21 Å². The Morgan fingerprint density at radius 1 is 1.57 bits per heavy atom. The first-order chi connectivity index (χ1) is 6.53. The average molecular weight is 214 g/mol. The van der Waals surface area contributed by atoms with Crippen molar-refractivity contribution >= 4 is 10.8 Å². The monoisotopic (exact) mass is 214 g/mol. The standard InChI is InChI=1S/C10H18N2OS/c1-10(2,8-11)3-4-14(13)7-9-5-12-6-9/h9,12H,3-7H2,1-2H3. The summed E-state index contributed by atoms with van der Waals surface area (Å²) in [7, 11) is -0.738. The SMILES string of the molecule is CC(C)(C#N)CCS(=O)CC1CNC1. The quantitative estimate of drug-likeness (QED) is 0.739. The van der Waals surface area contributed by atoms with Gasteiger partial charge in [-0.1, -0.05) is 0 Å². The second-order valence-corrected chi connectivity index (χ2v) is 6.20. The van der Waals surface area contributed by atoms with Crippen molar-refractivity contribution < 1.29 is 4.21 Å². The van der Waals surface area contributed by atoms with Gasteiger partial charge in [0.15, 0.2) is 0 Å². The highest BCUT2D eigenvalue weighted by Gasteiger charge is 2.22. The third kappa shape index (κ3) is 3.77. The minimum Gasteiger partial charge on any atom is -0.316 e. The smallest absolute Gasteiger partial charge is 0.0684 e. The average Bonchev–Trinajstić information content (AvgIpc) is 2.08. The Kier molecular flexibility index (Phi) is 4.09. The first kappa shape index (κ1) is 11.7. The Labute approximate surface area is 88.3 Å². The molecule has 0 amide bonds. The van der Waals surface area contributed by atoms with Crippen LogP contribution in [-0.4, -0.2) is 28.8 Å². The molecule has 1 saturated heterocycles. The molecule has 1 fully saturated rings. The van der Waals surface area contributed by atoms with Crippen molar-refractivity contribution in [3.63, 3.8) is 0 Å². The van der Waals surface area contributed by atoms with Crippen LogP contribution in [0, 0.1) is 22.7 Å². The van der Waals surface area contributed by atoms with Crippen LogP contribution in [0.2, 0.25) is 0 Å². The van der Waals surface area contributed by atoms with Crippen molar-refractivity contribution in [2.24, 2.45) is 11.3 Å². The lowest BCUT2D eigenvalue weighted by Gasteiger charge is -2.26. The van der Waals surface area contributed by atoms with E-state index in [1.165, 1.54) is 0 Å². The summed E-state index contributed by atoms with van der Waals surface area (Å²) in [5.74, 6) is 2.06. The highest BCUT2D eigenvalue weighted by atomic mass is 32.2. The van der Waals surface area contributed by atoms with Crippen LogP contribution >= 0.6 is 0 Å². The summed E-state index contributed by atoms with van der Waals surface area (Å²) in [5, 5.41) is 12.0. The van der Waals surface area contributed by atoms with Gasteiger partial charge in [-0.2, -0.15) is 5.26 Å². The van der Waals surface area contributed by atoms with Gasteiger partial charge in [-0.25, -0.2) is 0 Å². The molecule has 1 aliphatic rings. The minimum atomic E-state index is -0.738. The lowest BCUT2D eigenvalue weighted by Crippen LogP contribution is -2.45. The molecule has 1 aliphatic heterocycles. The minimum absolute atomic E-state index is 0.326. The molecule has 1 heterocycles. The fourth-order valence-electron chi connectivity index (χ4n) is 1.24. The molecule has 0 aromatic carbocycles. The van der Waals surface area contributed by atoms with Crippen LogP contribution in [0.1, 0.15) is 20.3 Å². The predicted molar refractivity (Wildman–Crippen MR) is 58.2 cm³/mol. The van der Waals surface area contributed by atoms with E-state index in [2.05, 4.69) is 11.4 Å². The summed E-state index contributed by atoms with van der Waals surface area (Å²) in [6.45, 7) is 5.81. The van der Waals surface area contributed by atoms with Crippen LogP contribution in [0.5, 0.6) is 0 Å². The summed E-state index contributed by atoms with van der Waals surface area (Å²) in [5.41, 5.74) is -0.326. The van der Waals surface area contributed by atoms with E-state index in [-0.39, 0.29) is 5.41 Å². The maximum absolute atomic E-state index is 11.6. The van der Waals surface area contributed by atoms with E-state index in [9.17, 15) is 4.21 Å². The van der Waals surface area contributed by atoms with E-state index in [1.54, 1.807) is 0 Å². The molecule has 0 aromatic rings. The van der Waals surface area contributed by atoms with Crippen LogP contribution in [-0.2, 0) is 10.8 Å². The van der Waals surface area contributed by atoms with Crippen molar-refractivity contribution in [3.05, 3.63) is 0 Å². The first-order valence-corrected chi connectivity index (χ1v) is 6.49. The maximum Gasteiger partial charge on any atom is 0.0684 e. The summed E-state index contributed by atoms with van der Waals surface area (Å²) < 4.78 is 11.6. The van der Waals surface area contributed by atoms with Crippen molar-refractivity contribution in [1.82, 2.24) is 5.32 Å². The van der Waals surface area contributed by atoms with E-state index in [4.69, 9.17) is 5.26 Å². The Bertz CT molecular complexity index is 253. The van der Waals surface area contributed by atoms with Crippen LogP contribution in [0.25, 0.3) is 0 Å². The van der Waals surface area contributed by atoms with Gasteiger partial charge in [0.2, 0.25) is 0 Å². The topological polar surface area (TPSA) is 52.9 Å². The van der Waals surface area contributed by atoms with Gasteiger partial charge < -0.3 is 5.32 Å². The van der Waals surface area contributed by atoms with Crippen molar-refractivity contribution in [2.75, 3.05) is 24.6 Å². The summed E-state index contributed by atoms with van der Waals surface area (Å²) in [4.78, 5) is 0. The molecular weight excluding hydrogens is 196 g/mol. The normalized spacial score (nSPS) is 19.8. The molecule has 1 atom stereocenters. The maximum atomic E-state index is 11.6. The Balaban J connectivity index is 2.17. The Morgan fingerprint density at radius 2 is 2.21 bits per heavy atom. The van der Waals surface area contributed by atoms with Gasteiger partial charge in [0.25, 0.3) is 0 Å². The molecule has 1 unspecified atom stereocenters. The molecule has 0 aromatic heterocycles. The van der Waals surface area contributed by atoms with Crippen molar-refractivity contribution in [2.45, 2.75) is 20.3 Å². The second kappa shape index (κ2) is 4.90. The highest BCUT2D eigenvalue weighted by Crippen LogP contribution is 2.19. The van der Waals surface area contributed by atoms with E-state index < -0.39 is 10.8 Å². The molecule has 0 aliphatic carbocycles. The summed E-state index contributed by atoms with van der Waals surface area (Å²) in [6, 6.07) is 2.23. The molecule has 1 N–H and O–H groups in total. The van der Waals surface area contributed by atoms with Crippen molar-refractivity contribution in [1.29, 1.82) is 5.26 Å². The molecule has 0 bridgehead atoms. The highest BCUT2D eigenvalue weighted by molar-refractivity contribution is 7.84. The van der Waals surface area contributed by atoms with Crippen LogP contribution < -0.4 is 5.32 Å². The number of nitriles is 1. The Hall–Kier alpha value is -0.400. The fourth-order valence-corrected chi connectivity index (χ4v) is 2.90.